The normalized spacial score (nSPS) is 13.6. The van der Waals surface area contributed by atoms with Crippen molar-refractivity contribution in [3.05, 3.63) is 22.8 Å². The van der Waals surface area contributed by atoms with E-state index in [9.17, 15) is 13.2 Å². The number of anilines is 1. The lowest BCUT2D eigenvalue weighted by Crippen LogP contribution is -2.32. The molecule has 1 atom stereocenters. The largest absolute Gasteiger partial charge is 0.417 e. The maximum atomic E-state index is 12.4. The predicted octanol–water partition coefficient (Wildman–Crippen LogP) is 2.57. The van der Waals surface area contributed by atoms with Gasteiger partial charge in [0.1, 0.15) is 5.82 Å². The second-order valence-corrected chi connectivity index (χ2v) is 4.08. The Hall–Kier alpha value is -1.01. The molecule has 7 heteroatoms. The molecule has 0 fully saturated rings. The van der Waals surface area contributed by atoms with Crippen molar-refractivity contribution in [2.45, 2.75) is 19.1 Å². The Kier molecular flexibility index (Phi) is 4.21. The minimum Gasteiger partial charge on any atom is -0.394 e. The highest BCUT2D eigenvalue weighted by molar-refractivity contribution is 6.33. The Labute approximate surface area is 102 Å². The molecule has 1 rings (SSSR count). The lowest BCUT2D eigenvalue weighted by Gasteiger charge is -2.25. The smallest absolute Gasteiger partial charge is 0.394 e. The van der Waals surface area contributed by atoms with Crippen LogP contribution in [0.3, 0.4) is 0 Å². The maximum Gasteiger partial charge on any atom is 0.417 e. The van der Waals surface area contributed by atoms with Crippen LogP contribution in [0.25, 0.3) is 0 Å². The lowest BCUT2D eigenvalue weighted by atomic mass is 10.2. The number of rotatable bonds is 3. The molecule has 1 N–H and O–H groups in total. The summed E-state index contributed by atoms with van der Waals surface area (Å²) in [6, 6.07) is 0.543. The van der Waals surface area contributed by atoms with Crippen molar-refractivity contribution in [1.82, 2.24) is 4.98 Å². The molecule has 0 aliphatic heterocycles. The third-order valence-electron chi connectivity index (χ3n) is 2.41. The molecule has 1 unspecified atom stereocenters. The predicted molar refractivity (Wildman–Crippen MR) is 59.2 cm³/mol. The average Bonchev–Trinajstić information content (AvgIpc) is 2.25. The number of likely N-dealkylation sites (N-methyl/N-ethyl adjacent to an activating group) is 1. The van der Waals surface area contributed by atoms with Crippen molar-refractivity contribution in [3.8, 4) is 0 Å². The quantitative estimate of drug-likeness (QED) is 0.915. The van der Waals surface area contributed by atoms with Crippen LogP contribution in [-0.2, 0) is 6.18 Å². The van der Waals surface area contributed by atoms with E-state index in [1.54, 1.807) is 14.0 Å². The van der Waals surface area contributed by atoms with Crippen molar-refractivity contribution >= 4 is 17.4 Å². The fourth-order valence-electron chi connectivity index (χ4n) is 1.18. The molecular weight excluding hydrogens is 257 g/mol. The summed E-state index contributed by atoms with van der Waals surface area (Å²) in [6.45, 7) is 1.56. The van der Waals surface area contributed by atoms with E-state index in [4.69, 9.17) is 16.7 Å². The van der Waals surface area contributed by atoms with E-state index in [0.29, 0.717) is 0 Å². The molecule has 0 saturated carbocycles. The maximum absolute atomic E-state index is 12.4. The van der Waals surface area contributed by atoms with Gasteiger partial charge in [-0.15, -0.1) is 0 Å². The third kappa shape index (κ3) is 3.23. The van der Waals surface area contributed by atoms with Gasteiger partial charge >= 0.3 is 6.18 Å². The molecule has 0 spiro atoms. The van der Waals surface area contributed by atoms with E-state index < -0.39 is 11.7 Å². The van der Waals surface area contributed by atoms with E-state index >= 15 is 0 Å². The second-order valence-electron chi connectivity index (χ2n) is 3.67. The highest BCUT2D eigenvalue weighted by atomic mass is 35.5. The average molecular weight is 269 g/mol. The number of hydrogen-bond acceptors (Lipinski definition) is 3. The van der Waals surface area contributed by atoms with Gasteiger partial charge in [-0.05, 0) is 13.0 Å². The molecule has 0 amide bonds. The fraction of sp³-hybridized carbons (Fsp3) is 0.500. The number of aliphatic hydroxyl groups excluding tert-OH is 1. The topological polar surface area (TPSA) is 36.4 Å². The van der Waals surface area contributed by atoms with E-state index in [1.165, 1.54) is 4.90 Å². The molecule has 0 radical (unpaired) electrons. The summed E-state index contributed by atoms with van der Waals surface area (Å²) < 4.78 is 37.1. The lowest BCUT2D eigenvalue weighted by molar-refractivity contribution is -0.137. The SMILES string of the molecule is CC(CO)N(C)c1ncc(C(F)(F)F)cc1Cl. The Morgan fingerprint density at radius 3 is 2.53 bits per heavy atom. The number of nitrogens with zero attached hydrogens (tertiary/aromatic N) is 2. The first-order valence-corrected chi connectivity index (χ1v) is 5.21. The van der Waals surface area contributed by atoms with Crippen LogP contribution in [0.1, 0.15) is 12.5 Å². The van der Waals surface area contributed by atoms with Crippen LogP contribution >= 0.6 is 11.6 Å². The first-order valence-electron chi connectivity index (χ1n) is 4.83. The van der Waals surface area contributed by atoms with Crippen molar-refractivity contribution < 1.29 is 18.3 Å². The van der Waals surface area contributed by atoms with Crippen molar-refractivity contribution in [2.24, 2.45) is 0 Å². The van der Waals surface area contributed by atoms with Crippen LogP contribution in [0, 0.1) is 0 Å². The van der Waals surface area contributed by atoms with Crippen molar-refractivity contribution in [2.75, 3.05) is 18.6 Å². The van der Waals surface area contributed by atoms with Crippen LogP contribution in [0.4, 0.5) is 19.0 Å². The van der Waals surface area contributed by atoms with Gasteiger partial charge in [-0.25, -0.2) is 4.98 Å². The summed E-state index contributed by atoms with van der Waals surface area (Å²) in [5.74, 6) is 0.209. The number of hydrogen-bond donors (Lipinski definition) is 1. The molecule has 1 aromatic heterocycles. The Bertz CT molecular complexity index is 398. The van der Waals surface area contributed by atoms with E-state index in [1.807, 2.05) is 0 Å². The summed E-state index contributed by atoms with van der Waals surface area (Å²) in [4.78, 5) is 5.19. The molecule has 0 aliphatic rings. The van der Waals surface area contributed by atoms with E-state index in [2.05, 4.69) is 4.98 Å². The molecule has 3 nitrogen and oxygen atoms in total. The zero-order chi connectivity index (χ0) is 13.2. The zero-order valence-corrected chi connectivity index (χ0v) is 10.0. The van der Waals surface area contributed by atoms with Crippen molar-refractivity contribution in [1.29, 1.82) is 0 Å². The minimum absolute atomic E-state index is 0.0948. The van der Waals surface area contributed by atoms with Gasteiger partial charge in [-0.3, -0.25) is 0 Å². The van der Waals surface area contributed by atoms with Gasteiger partial charge in [0.25, 0.3) is 0 Å². The Morgan fingerprint density at radius 1 is 1.53 bits per heavy atom. The third-order valence-corrected chi connectivity index (χ3v) is 2.69. The highest BCUT2D eigenvalue weighted by Crippen LogP contribution is 2.33. The molecule has 0 bridgehead atoms. The molecule has 0 aliphatic carbocycles. The summed E-state index contributed by atoms with van der Waals surface area (Å²) in [5, 5.41) is 8.85. The molecule has 96 valence electrons. The number of pyridine rings is 1. The standard InChI is InChI=1S/C10H12ClF3N2O/c1-6(5-17)16(2)9-8(11)3-7(4-15-9)10(12,13)14/h3-4,6,17H,5H2,1-2H3. The van der Waals surface area contributed by atoms with Crippen molar-refractivity contribution in [3.63, 3.8) is 0 Å². The number of halogens is 4. The van der Waals surface area contributed by atoms with Gasteiger partial charge in [-0.1, -0.05) is 11.6 Å². The molecule has 0 saturated heterocycles. The summed E-state index contributed by atoms with van der Waals surface area (Å²) in [6.07, 6.45) is -3.74. The number of alkyl halides is 3. The summed E-state index contributed by atoms with van der Waals surface area (Å²) in [5.41, 5.74) is -0.892. The first kappa shape index (κ1) is 14.1. The van der Waals surface area contributed by atoms with Gasteiger partial charge in [0.2, 0.25) is 0 Å². The summed E-state index contributed by atoms with van der Waals surface area (Å²) >= 11 is 5.75. The van der Waals surface area contributed by atoms with Gasteiger partial charge in [0.05, 0.1) is 23.2 Å². The monoisotopic (exact) mass is 268 g/mol. The molecule has 1 heterocycles. The first-order chi connectivity index (χ1) is 7.77. The zero-order valence-electron chi connectivity index (χ0n) is 9.29. The summed E-state index contributed by atoms with van der Waals surface area (Å²) in [7, 11) is 1.60. The minimum atomic E-state index is -4.46. The van der Waals surface area contributed by atoms with Crippen LogP contribution in [0.2, 0.25) is 5.02 Å². The second kappa shape index (κ2) is 5.10. The molecular formula is C10H12ClF3N2O. The highest BCUT2D eigenvalue weighted by Gasteiger charge is 2.32. The van der Waals surface area contributed by atoms with Crippen LogP contribution in [-0.4, -0.2) is 29.8 Å². The van der Waals surface area contributed by atoms with Crippen LogP contribution in [0.5, 0.6) is 0 Å². The fourth-order valence-corrected chi connectivity index (χ4v) is 1.48. The van der Waals surface area contributed by atoms with Gasteiger partial charge in [0, 0.05) is 13.2 Å². The van der Waals surface area contributed by atoms with Crippen LogP contribution in [0.15, 0.2) is 12.3 Å². The Morgan fingerprint density at radius 2 is 2.12 bits per heavy atom. The molecule has 0 aromatic carbocycles. The molecule has 1 aromatic rings. The van der Waals surface area contributed by atoms with Crippen LogP contribution < -0.4 is 4.90 Å². The van der Waals surface area contributed by atoms with E-state index in [0.717, 1.165) is 12.3 Å². The van der Waals surface area contributed by atoms with Gasteiger partial charge in [0.15, 0.2) is 0 Å². The number of aliphatic hydroxyl groups is 1. The van der Waals surface area contributed by atoms with Gasteiger partial charge in [-0.2, -0.15) is 13.2 Å². The molecule has 17 heavy (non-hydrogen) atoms. The Balaban J connectivity index is 3.06. The van der Waals surface area contributed by atoms with Gasteiger partial charge < -0.3 is 10.0 Å². The van der Waals surface area contributed by atoms with E-state index in [-0.39, 0.29) is 23.5 Å². The number of aromatic nitrogens is 1.